The molecule has 0 atom stereocenters. The van der Waals surface area contributed by atoms with E-state index >= 15 is 0 Å². The lowest BCUT2D eigenvalue weighted by atomic mass is 9.86. The molecule has 20 heavy (non-hydrogen) atoms. The van der Waals surface area contributed by atoms with Crippen molar-refractivity contribution in [3.8, 4) is 11.4 Å². The van der Waals surface area contributed by atoms with Crippen LogP contribution in [0.5, 0.6) is 0 Å². The number of hydrogen-bond acceptors (Lipinski definition) is 1. The highest BCUT2D eigenvalue weighted by Gasteiger charge is 2.18. The summed E-state index contributed by atoms with van der Waals surface area (Å²) in [6.07, 6.45) is 6.59. The van der Waals surface area contributed by atoms with Crippen LogP contribution in [0.3, 0.4) is 0 Å². The average Bonchev–Trinajstić information content (AvgIpc) is 2.91. The molecule has 0 fully saturated rings. The molecule has 2 aromatic rings. The van der Waals surface area contributed by atoms with Gasteiger partial charge in [0.05, 0.1) is 0 Å². The number of benzene rings is 1. The van der Waals surface area contributed by atoms with Gasteiger partial charge in [-0.25, -0.2) is 4.98 Å². The van der Waals surface area contributed by atoms with E-state index in [0.717, 1.165) is 12.2 Å². The lowest BCUT2D eigenvalue weighted by Crippen LogP contribution is -2.03. The molecule has 0 aliphatic heterocycles. The number of aromatic nitrogens is 2. The first-order valence-corrected chi connectivity index (χ1v) is 7.32. The molecule has 0 saturated heterocycles. The molecule has 0 amide bonds. The molecule has 1 aromatic heterocycles. The van der Waals surface area contributed by atoms with E-state index in [4.69, 9.17) is 0 Å². The first-order valence-electron chi connectivity index (χ1n) is 7.32. The smallest absolute Gasteiger partial charge is 0.137 e. The third-order valence-corrected chi connectivity index (χ3v) is 3.62. The highest BCUT2D eigenvalue weighted by atomic mass is 14.9. The minimum Gasteiger partial charge on any atom is -0.345 e. The molecule has 0 bridgehead atoms. The Bertz CT molecular complexity index is 548. The van der Waals surface area contributed by atoms with Gasteiger partial charge in [0.2, 0.25) is 0 Å². The van der Waals surface area contributed by atoms with Gasteiger partial charge in [0.25, 0.3) is 0 Å². The maximum atomic E-state index is 4.47. The molecule has 0 spiro atoms. The molecule has 0 aliphatic rings. The van der Waals surface area contributed by atoms with Gasteiger partial charge >= 0.3 is 0 Å². The third kappa shape index (κ3) is 2.84. The van der Waals surface area contributed by atoms with Gasteiger partial charge in [-0.3, -0.25) is 0 Å². The molecular formula is C18H24N2. The van der Waals surface area contributed by atoms with Crippen LogP contribution in [-0.2, 0) is 6.42 Å². The molecule has 1 N–H and O–H groups in total. The molecule has 2 nitrogen and oxygen atoms in total. The van der Waals surface area contributed by atoms with E-state index < -0.39 is 0 Å². The van der Waals surface area contributed by atoms with E-state index in [0.29, 0.717) is 11.8 Å². The van der Waals surface area contributed by atoms with Crippen molar-refractivity contribution in [2.75, 3.05) is 0 Å². The zero-order chi connectivity index (χ0) is 14.7. The van der Waals surface area contributed by atoms with Crippen LogP contribution in [0, 0.1) is 0 Å². The molecular weight excluding hydrogens is 244 g/mol. The zero-order valence-corrected chi connectivity index (χ0v) is 12.9. The minimum absolute atomic E-state index is 0.470. The monoisotopic (exact) mass is 268 g/mol. The summed E-state index contributed by atoms with van der Waals surface area (Å²) in [6, 6.07) is 4.60. The number of aromatic amines is 1. The fourth-order valence-electron chi connectivity index (χ4n) is 2.62. The lowest BCUT2D eigenvalue weighted by molar-refractivity contribution is 0.830. The topological polar surface area (TPSA) is 28.7 Å². The van der Waals surface area contributed by atoms with Gasteiger partial charge < -0.3 is 4.98 Å². The number of nitrogens with zero attached hydrogens (tertiary/aromatic N) is 1. The predicted molar refractivity (Wildman–Crippen MR) is 86.1 cm³/mol. The van der Waals surface area contributed by atoms with Crippen molar-refractivity contribution in [1.82, 2.24) is 9.97 Å². The molecule has 0 unspecified atom stereocenters. The van der Waals surface area contributed by atoms with Crippen LogP contribution in [0.1, 0.15) is 56.2 Å². The van der Waals surface area contributed by atoms with Crippen molar-refractivity contribution < 1.29 is 0 Å². The third-order valence-electron chi connectivity index (χ3n) is 3.62. The summed E-state index contributed by atoms with van der Waals surface area (Å²) >= 11 is 0. The Morgan fingerprint density at radius 1 is 1.15 bits per heavy atom. The first kappa shape index (κ1) is 14.6. The molecule has 1 aromatic carbocycles. The summed E-state index contributed by atoms with van der Waals surface area (Å²) in [4.78, 5) is 7.74. The van der Waals surface area contributed by atoms with Crippen LogP contribution < -0.4 is 0 Å². The number of imidazole rings is 1. The molecule has 2 rings (SSSR count). The molecule has 2 heteroatoms. The standard InChI is InChI=1S/C18H24N2/c1-6-7-14-10-15(12(2)3)17(16(11-14)13(4)5)18-19-8-9-20-18/h6,8-13H,1,7H2,2-5H3,(H,19,20). The van der Waals surface area contributed by atoms with Crippen LogP contribution in [0.4, 0.5) is 0 Å². The van der Waals surface area contributed by atoms with Crippen molar-refractivity contribution in [2.24, 2.45) is 0 Å². The van der Waals surface area contributed by atoms with Crippen molar-refractivity contribution in [3.05, 3.63) is 53.9 Å². The summed E-state index contributed by atoms with van der Waals surface area (Å²) < 4.78 is 0. The molecule has 106 valence electrons. The van der Waals surface area contributed by atoms with E-state index in [2.05, 4.69) is 56.4 Å². The van der Waals surface area contributed by atoms with Gasteiger partial charge in [-0.15, -0.1) is 6.58 Å². The second kappa shape index (κ2) is 6.08. The van der Waals surface area contributed by atoms with E-state index in [-0.39, 0.29) is 0 Å². The zero-order valence-electron chi connectivity index (χ0n) is 12.9. The number of H-pyrrole nitrogens is 1. The Balaban J connectivity index is 2.71. The van der Waals surface area contributed by atoms with Crippen LogP contribution in [-0.4, -0.2) is 9.97 Å². The summed E-state index contributed by atoms with van der Waals surface area (Å²) in [5.41, 5.74) is 5.33. The summed E-state index contributed by atoms with van der Waals surface area (Å²) in [6.45, 7) is 12.8. The molecule has 0 radical (unpaired) electrons. The van der Waals surface area contributed by atoms with Gasteiger partial charge in [0, 0.05) is 18.0 Å². The molecule has 1 heterocycles. The van der Waals surface area contributed by atoms with Gasteiger partial charge in [-0.05, 0) is 34.9 Å². The quantitative estimate of drug-likeness (QED) is 0.755. The molecule has 0 aliphatic carbocycles. The fourth-order valence-corrected chi connectivity index (χ4v) is 2.62. The Hall–Kier alpha value is -1.83. The lowest BCUT2D eigenvalue weighted by Gasteiger charge is -2.20. The van der Waals surface area contributed by atoms with Crippen LogP contribution in [0.15, 0.2) is 37.2 Å². The Morgan fingerprint density at radius 2 is 1.75 bits per heavy atom. The van der Waals surface area contributed by atoms with Gasteiger partial charge in [0.1, 0.15) is 5.82 Å². The van der Waals surface area contributed by atoms with E-state index in [9.17, 15) is 0 Å². The Kier molecular flexibility index (Phi) is 4.43. The average molecular weight is 268 g/mol. The van der Waals surface area contributed by atoms with Gasteiger partial charge in [-0.1, -0.05) is 45.9 Å². The van der Waals surface area contributed by atoms with Crippen LogP contribution >= 0.6 is 0 Å². The Labute approximate surface area is 122 Å². The van der Waals surface area contributed by atoms with E-state index in [1.807, 2.05) is 18.5 Å². The van der Waals surface area contributed by atoms with Crippen LogP contribution in [0.25, 0.3) is 11.4 Å². The van der Waals surface area contributed by atoms with Gasteiger partial charge in [-0.2, -0.15) is 0 Å². The SMILES string of the molecule is C=CCc1cc(C(C)C)c(-c2ncc[nH]2)c(C(C)C)c1. The summed E-state index contributed by atoms with van der Waals surface area (Å²) in [7, 11) is 0. The Morgan fingerprint density at radius 3 is 2.15 bits per heavy atom. The maximum Gasteiger partial charge on any atom is 0.137 e. The summed E-state index contributed by atoms with van der Waals surface area (Å²) in [5, 5.41) is 0. The second-order valence-corrected chi connectivity index (χ2v) is 5.89. The predicted octanol–water partition coefficient (Wildman–Crippen LogP) is 5.05. The van der Waals surface area contributed by atoms with Gasteiger partial charge in [0.15, 0.2) is 0 Å². The normalized spacial score (nSPS) is 11.3. The van der Waals surface area contributed by atoms with Crippen molar-refractivity contribution in [3.63, 3.8) is 0 Å². The van der Waals surface area contributed by atoms with Crippen molar-refractivity contribution in [1.29, 1.82) is 0 Å². The van der Waals surface area contributed by atoms with Crippen LogP contribution in [0.2, 0.25) is 0 Å². The summed E-state index contributed by atoms with van der Waals surface area (Å²) in [5.74, 6) is 1.91. The largest absolute Gasteiger partial charge is 0.345 e. The number of allylic oxidation sites excluding steroid dienone is 1. The highest BCUT2D eigenvalue weighted by molar-refractivity contribution is 5.67. The highest BCUT2D eigenvalue weighted by Crippen LogP contribution is 2.35. The van der Waals surface area contributed by atoms with E-state index in [1.165, 1.54) is 22.3 Å². The number of nitrogens with one attached hydrogen (secondary N) is 1. The van der Waals surface area contributed by atoms with Crippen molar-refractivity contribution >= 4 is 0 Å². The van der Waals surface area contributed by atoms with Crippen molar-refractivity contribution in [2.45, 2.75) is 46.0 Å². The minimum atomic E-state index is 0.470. The fraction of sp³-hybridized carbons (Fsp3) is 0.389. The number of rotatable bonds is 5. The van der Waals surface area contributed by atoms with E-state index in [1.54, 1.807) is 0 Å². The second-order valence-electron chi connectivity index (χ2n) is 5.89. The number of hydrogen-bond donors (Lipinski definition) is 1. The first-order chi connectivity index (χ1) is 9.54. The maximum absolute atomic E-state index is 4.47. The molecule has 0 saturated carbocycles.